The molecule has 1 unspecified atom stereocenters. The second-order valence-corrected chi connectivity index (χ2v) is 7.81. The lowest BCUT2D eigenvalue weighted by Crippen LogP contribution is -2.40. The molecule has 1 spiro atoms. The third-order valence-electron chi connectivity index (χ3n) is 6.37. The fourth-order valence-corrected chi connectivity index (χ4v) is 5.56. The van der Waals surface area contributed by atoms with Crippen LogP contribution in [0.1, 0.15) is 51.0 Å². The van der Waals surface area contributed by atoms with Gasteiger partial charge in [-0.05, 0) is 49.5 Å². The van der Waals surface area contributed by atoms with Gasteiger partial charge in [0.05, 0.1) is 5.92 Å². The van der Waals surface area contributed by atoms with Gasteiger partial charge in [-0.25, -0.2) is 0 Å². The molecule has 1 aliphatic heterocycles. The first-order valence-corrected chi connectivity index (χ1v) is 8.96. The van der Waals surface area contributed by atoms with Crippen LogP contribution in [0, 0.1) is 23.7 Å². The Balaban J connectivity index is 1.65. The summed E-state index contributed by atoms with van der Waals surface area (Å²) in [6.07, 6.45) is 8.21. The van der Waals surface area contributed by atoms with Crippen LogP contribution < -0.4 is 0 Å². The van der Waals surface area contributed by atoms with Crippen molar-refractivity contribution < 1.29 is 9.53 Å². The Hall–Kier alpha value is -1.31. The van der Waals surface area contributed by atoms with Crippen LogP contribution in [0.4, 0.5) is 0 Å². The molecule has 0 radical (unpaired) electrons. The van der Waals surface area contributed by atoms with E-state index in [2.05, 4.69) is 31.2 Å². The Morgan fingerprint density at radius 3 is 2.77 bits per heavy atom. The Bertz CT molecular complexity index is 552. The van der Waals surface area contributed by atoms with E-state index in [0.717, 1.165) is 12.8 Å². The highest BCUT2D eigenvalue weighted by atomic mass is 16.6. The molecule has 4 rings (SSSR count). The Morgan fingerprint density at radius 1 is 1.18 bits per heavy atom. The zero-order valence-electron chi connectivity index (χ0n) is 13.5. The number of rotatable bonds is 2. The van der Waals surface area contributed by atoms with E-state index >= 15 is 0 Å². The fraction of sp³-hybridized carbons (Fsp3) is 0.650. The van der Waals surface area contributed by atoms with Crippen LogP contribution in [0.5, 0.6) is 0 Å². The number of ether oxygens (including phenoxy) is 1. The van der Waals surface area contributed by atoms with Gasteiger partial charge in [0, 0.05) is 5.92 Å². The first kappa shape index (κ1) is 14.3. The summed E-state index contributed by atoms with van der Waals surface area (Å²) in [4.78, 5) is 12.7. The third kappa shape index (κ3) is 2.19. The molecule has 0 amide bonds. The maximum atomic E-state index is 12.7. The van der Waals surface area contributed by atoms with Crippen molar-refractivity contribution >= 4 is 5.97 Å². The molecular formula is C20H26O2. The summed E-state index contributed by atoms with van der Waals surface area (Å²) in [6, 6.07) is 10.5. The second kappa shape index (κ2) is 5.40. The van der Waals surface area contributed by atoms with E-state index < -0.39 is 0 Å². The summed E-state index contributed by atoms with van der Waals surface area (Å²) in [5, 5.41) is 0. The summed E-state index contributed by atoms with van der Waals surface area (Å²) in [6.45, 7) is 2.33. The third-order valence-corrected chi connectivity index (χ3v) is 6.37. The number of hydrogen-bond donors (Lipinski definition) is 0. The first-order chi connectivity index (χ1) is 10.7. The highest BCUT2D eigenvalue weighted by molar-refractivity contribution is 5.76. The van der Waals surface area contributed by atoms with Crippen LogP contribution in [0.15, 0.2) is 30.3 Å². The van der Waals surface area contributed by atoms with Crippen molar-refractivity contribution in [3.63, 3.8) is 0 Å². The lowest BCUT2D eigenvalue weighted by molar-refractivity contribution is -0.154. The predicted octanol–water partition coefficient (Wildman–Crippen LogP) is 4.38. The standard InChI is InChI=1S/C20H26O2/c1-14-11-16-9-5-6-10-18-17(12-15-7-3-2-4-8-15)19(21)22-20(16,18)13-14/h2-4,7-8,14,16-18H,5-6,9-13H2,1H3/t14?,16-,17+,18-,20-/m0/s1. The maximum Gasteiger partial charge on any atom is 0.310 e. The molecule has 2 aliphatic carbocycles. The second-order valence-electron chi connectivity index (χ2n) is 7.81. The van der Waals surface area contributed by atoms with Crippen molar-refractivity contribution in [1.82, 2.24) is 0 Å². The molecule has 1 heterocycles. The van der Waals surface area contributed by atoms with Gasteiger partial charge in [-0.15, -0.1) is 0 Å². The number of carbonyl (C=O) groups excluding carboxylic acids is 1. The molecule has 2 saturated carbocycles. The van der Waals surface area contributed by atoms with Crippen LogP contribution in [-0.4, -0.2) is 11.6 Å². The molecule has 1 saturated heterocycles. The van der Waals surface area contributed by atoms with Gasteiger partial charge in [0.15, 0.2) is 0 Å². The zero-order valence-corrected chi connectivity index (χ0v) is 13.5. The van der Waals surface area contributed by atoms with Gasteiger partial charge in [0.25, 0.3) is 0 Å². The van der Waals surface area contributed by atoms with Gasteiger partial charge in [0.1, 0.15) is 5.60 Å². The van der Waals surface area contributed by atoms with E-state index in [-0.39, 0.29) is 17.5 Å². The molecule has 1 aromatic rings. The Kier molecular flexibility index (Phi) is 3.51. The van der Waals surface area contributed by atoms with Gasteiger partial charge >= 0.3 is 5.97 Å². The summed E-state index contributed by atoms with van der Waals surface area (Å²) in [5.74, 6) is 1.91. The van der Waals surface area contributed by atoms with Gasteiger partial charge in [-0.2, -0.15) is 0 Å². The lowest BCUT2D eigenvalue weighted by Gasteiger charge is -2.34. The SMILES string of the molecule is CC1C[C@@H]2CCCC[C@H]3[C@@H](Cc4ccccc4)C(=O)O[C@@]23C1. The minimum Gasteiger partial charge on any atom is -0.458 e. The monoisotopic (exact) mass is 298 g/mol. The fourth-order valence-electron chi connectivity index (χ4n) is 5.56. The van der Waals surface area contributed by atoms with Gasteiger partial charge in [-0.3, -0.25) is 4.79 Å². The van der Waals surface area contributed by atoms with Crippen molar-refractivity contribution in [2.24, 2.45) is 23.7 Å². The first-order valence-electron chi connectivity index (χ1n) is 8.96. The molecule has 2 nitrogen and oxygen atoms in total. The van der Waals surface area contributed by atoms with Crippen molar-refractivity contribution in [1.29, 1.82) is 0 Å². The molecule has 3 aliphatic rings. The molecule has 0 bridgehead atoms. The van der Waals surface area contributed by atoms with Crippen molar-refractivity contribution in [3.05, 3.63) is 35.9 Å². The Morgan fingerprint density at radius 2 is 1.95 bits per heavy atom. The van der Waals surface area contributed by atoms with E-state index in [1.807, 2.05) is 6.07 Å². The number of hydrogen-bond acceptors (Lipinski definition) is 2. The van der Waals surface area contributed by atoms with E-state index in [1.54, 1.807) is 0 Å². The average Bonchev–Trinajstić information content (AvgIpc) is 2.89. The molecular weight excluding hydrogens is 272 g/mol. The van der Waals surface area contributed by atoms with Crippen molar-refractivity contribution in [2.45, 2.75) is 57.5 Å². The minimum atomic E-state index is -0.119. The van der Waals surface area contributed by atoms with Gasteiger partial charge in [-0.1, -0.05) is 50.1 Å². The molecule has 5 atom stereocenters. The molecule has 0 N–H and O–H groups in total. The van der Waals surface area contributed by atoms with Crippen molar-refractivity contribution in [2.75, 3.05) is 0 Å². The molecule has 118 valence electrons. The summed E-state index contributed by atoms with van der Waals surface area (Å²) in [7, 11) is 0. The van der Waals surface area contributed by atoms with Crippen LogP contribution in [0.3, 0.4) is 0 Å². The van der Waals surface area contributed by atoms with E-state index in [9.17, 15) is 4.79 Å². The minimum absolute atomic E-state index is 0.0771. The highest BCUT2D eigenvalue weighted by Crippen LogP contribution is 2.58. The summed E-state index contributed by atoms with van der Waals surface area (Å²) < 4.78 is 6.17. The molecule has 0 aromatic heterocycles. The number of esters is 1. The van der Waals surface area contributed by atoms with E-state index in [1.165, 1.54) is 37.7 Å². The number of carbonyl (C=O) groups is 1. The van der Waals surface area contributed by atoms with E-state index in [4.69, 9.17) is 4.74 Å². The average molecular weight is 298 g/mol. The Labute approximate surface area is 133 Å². The smallest absolute Gasteiger partial charge is 0.310 e. The normalized spacial score (nSPS) is 40.7. The van der Waals surface area contributed by atoms with Gasteiger partial charge < -0.3 is 4.74 Å². The predicted molar refractivity (Wildman–Crippen MR) is 86.3 cm³/mol. The molecule has 22 heavy (non-hydrogen) atoms. The van der Waals surface area contributed by atoms with Crippen LogP contribution in [-0.2, 0) is 16.0 Å². The summed E-state index contributed by atoms with van der Waals surface area (Å²) in [5.41, 5.74) is 1.15. The quantitative estimate of drug-likeness (QED) is 0.758. The summed E-state index contributed by atoms with van der Waals surface area (Å²) >= 11 is 0. The molecule has 1 aromatic carbocycles. The largest absolute Gasteiger partial charge is 0.458 e. The van der Waals surface area contributed by atoms with Gasteiger partial charge in [0.2, 0.25) is 0 Å². The van der Waals surface area contributed by atoms with Crippen LogP contribution in [0.25, 0.3) is 0 Å². The zero-order chi connectivity index (χ0) is 15.2. The maximum absolute atomic E-state index is 12.7. The highest BCUT2D eigenvalue weighted by Gasteiger charge is 2.62. The lowest BCUT2D eigenvalue weighted by atomic mass is 9.72. The topological polar surface area (TPSA) is 26.3 Å². The van der Waals surface area contributed by atoms with Crippen molar-refractivity contribution in [3.8, 4) is 0 Å². The molecule has 3 fully saturated rings. The molecule has 2 heteroatoms. The van der Waals surface area contributed by atoms with Crippen LogP contribution in [0.2, 0.25) is 0 Å². The van der Waals surface area contributed by atoms with E-state index in [0.29, 0.717) is 17.8 Å². The number of benzene rings is 1. The van der Waals surface area contributed by atoms with Crippen LogP contribution >= 0.6 is 0 Å².